The van der Waals surface area contributed by atoms with Gasteiger partial charge in [0, 0.05) is 28.5 Å². The number of benzene rings is 1. The predicted molar refractivity (Wildman–Crippen MR) is 119 cm³/mol. The van der Waals surface area contributed by atoms with Crippen molar-refractivity contribution in [1.29, 1.82) is 0 Å². The molecular formula is C20H18N6O2S2. The third-order valence-corrected chi connectivity index (χ3v) is 6.85. The van der Waals surface area contributed by atoms with E-state index in [0.717, 1.165) is 10.6 Å². The second-order valence-corrected chi connectivity index (χ2v) is 9.50. The normalized spacial score (nSPS) is 11.1. The molecule has 4 rings (SSSR count). The van der Waals surface area contributed by atoms with Crippen LogP contribution in [0.25, 0.3) is 0 Å². The van der Waals surface area contributed by atoms with Crippen molar-refractivity contribution in [3.63, 3.8) is 0 Å². The first-order chi connectivity index (χ1) is 14.5. The zero-order valence-electron chi connectivity index (χ0n) is 15.9. The molecule has 30 heavy (non-hydrogen) atoms. The Labute approximate surface area is 178 Å². The summed E-state index contributed by atoms with van der Waals surface area (Å²) in [7, 11) is -3.59. The molecule has 3 N–H and O–H groups in total. The summed E-state index contributed by atoms with van der Waals surface area (Å²) < 4.78 is 27.7. The second-order valence-electron chi connectivity index (χ2n) is 6.30. The van der Waals surface area contributed by atoms with E-state index in [0.29, 0.717) is 23.1 Å². The number of aromatic nitrogens is 3. The standard InChI is InChI=1S/C20H18N6O2S2/c1-14-5-10-20(29-14)30(27,28)26-16-8-6-15(7-9-16)24-18-12-19(23-13-22-18)25-17-4-2-3-11-21-17/h2-13,26H,1H3,(H2,21,22,23,24,25). The maximum atomic E-state index is 12.4. The fourth-order valence-electron chi connectivity index (χ4n) is 2.59. The maximum Gasteiger partial charge on any atom is 0.271 e. The van der Waals surface area contributed by atoms with Gasteiger partial charge in [0.2, 0.25) is 0 Å². The van der Waals surface area contributed by atoms with Crippen LogP contribution in [-0.2, 0) is 10.0 Å². The summed E-state index contributed by atoms with van der Waals surface area (Å²) in [6, 6.07) is 17.6. The summed E-state index contributed by atoms with van der Waals surface area (Å²) in [5.41, 5.74) is 1.24. The van der Waals surface area contributed by atoms with Crippen molar-refractivity contribution in [3.8, 4) is 0 Å². The third kappa shape index (κ3) is 4.91. The van der Waals surface area contributed by atoms with Gasteiger partial charge in [0.25, 0.3) is 10.0 Å². The molecule has 0 amide bonds. The second kappa shape index (κ2) is 8.47. The minimum absolute atomic E-state index is 0.288. The molecule has 3 heterocycles. The Bertz CT molecular complexity index is 1240. The summed E-state index contributed by atoms with van der Waals surface area (Å²) in [5, 5.41) is 6.27. The third-order valence-electron chi connectivity index (χ3n) is 3.98. The molecule has 152 valence electrons. The maximum absolute atomic E-state index is 12.4. The van der Waals surface area contributed by atoms with E-state index in [1.807, 2.05) is 25.1 Å². The molecule has 0 bridgehead atoms. The Morgan fingerprint density at radius 2 is 1.53 bits per heavy atom. The number of aryl methyl sites for hydroxylation is 1. The number of hydrogen-bond donors (Lipinski definition) is 3. The molecule has 0 fully saturated rings. The van der Waals surface area contributed by atoms with Crippen LogP contribution in [0, 0.1) is 6.92 Å². The highest BCUT2D eigenvalue weighted by molar-refractivity contribution is 7.94. The van der Waals surface area contributed by atoms with Gasteiger partial charge in [-0.05, 0) is 55.5 Å². The van der Waals surface area contributed by atoms with Crippen LogP contribution in [0.3, 0.4) is 0 Å². The number of hydrogen-bond acceptors (Lipinski definition) is 8. The lowest BCUT2D eigenvalue weighted by Crippen LogP contribution is -2.11. The zero-order valence-corrected chi connectivity index (χ0v) is 17.5. The minimum Gasteiger partial charge on any atom is -0.340 e. The van der Waals surface area contributed by atoms with Crippen LogP contribution >= 0.6 is 11.3 Å². The van der Waals surface area contributed by atoms with Gasteiger partial charge in [-0.15, -0.1) is 11.3 Å². The number of anilines is 5. The van der Waals surface area contributed by atoms with Crippen molar-refractivity contribution in [1.82, 2.24) is 15.0 Å². The molecule has 0 unspecified atom stereocenters. The van der Waals surface area contributed by atoms with Crippen LogP contribution in [0.1, 0.15) is 4.88 Å². The number of pyridine rings is 1. The van der Waals surface area contributed by atoms with Crippen LogP contribution in [0.2, 0.25) is 0 Å². The largest absolute Gasteiger partial charge is 0.340 e. The predicted octanol–water partition coefficient (Wildman–Crippen LogP) is 4.53. The van der Waals surface area contributed by atoms with Crippen LogP contribution in [0.5, 0.6) is 0 Å². The zero-order chi connectivity index (χ0) is 21.0. The SMILES string of the molecule is Cc1ccc(S(=O)(=O)Nc2ccc(Nc3cc(Nc4ccccn4)ncn3)cc2)s1. The highest BCUT2D eigenvalue weighted by atomic mass is 32.2. The Balaban J connectivity index is 1.43. The van der Waals surface area contributed by atoms with Crippen LogP contribution in [0.4, 0.5) is 28.8 Å². The lowest BCUT2D eigenvalue weighted by Gasteiger charge is -2.10. The van der Waals surface area contributed by atoms with E-state index in [2.05, 4.69) is 30.3 Å². The molecule has 0 aliphatic heterocycles. The van der Waals surface area contributed by atoms with Gasteiger partial charge in [0.1, 0.15) is 28.0 Å². The first kappa shape index (κ1) is 19.8. The molecule has 8 nitrogen and oxygen atoms in total. The fourth-order valence-corrected chi connectivity index (χ4v) is 4.94. The van der Waals surface area contributed by atoms with Crippen molar-refractivity contribution in [2.45, 2.75) is 11.1 Å². The number of rotatable bonds is 7. The summed E-state index contributed by atoms with van der Waals surface area (Å²) >= 11 is 1.23. The summed E-state index contributed by atoms with van der Waals surface area (Å²) in [4.78, 5) is 13.5. The first-order valence-electron chi connectivity index (χ1n) is 8.94. The van der Waals surface area contributed by atoms with Crippen molar-refractivity contribution in [2.75, 3.05) is 15.4 Å². The quantitative estimate of drug-likeness (QED) is 0.389. The molecule has 1 aromatic carbocycles. The van der Waals surface area contributed by atoms with Gasteiger partial charge >= 0.3 is 0 Å². The highest BCUT2D eigenvalue weighted by Crippen LogP contribution is 2.25. The van der Waals surface area contributed by atoms with E-state index in [4.69, 9.17) is 0 Å². The summed E-state index contributed by atoms with van der Waals surface area (Å²) in [5.74, 6) is 1.87. The average molecular weight is 439 g/mol. The molecular weight excluding hydrogens is 420 g/mol. The summed E-state index contributed by atoms with van der Waals surface area (Å²) in [6.07, 6.45) is 3.14. The number of nitrogens with one attached hydrogen (secondary N) is 3. The Morgan fingerprint density at radius 3 is 2.20 bits per heavy atom. The molecule has 0 aliphatic rings. The van der Waals surface area contributed by atoms with Gasteiger partial charge in [-0.1, -0.05) is 6.07 Å². The van der Waals surface area contributed by atoms with Crippen molar-refractivity contribution in [2.24, 2.45) is 0 Å². The average Bonchev–Trinajstić information content (AvgIpc) is 3.18. The van der Waals surface area contributed by atoms with Gasteiger partial charge in [-0.3, -0.25) is 4.72 Å². The Hall–Kier alpha value is -3.50. The molecule has 3 aromatic heterocycles. The lowest BCUT2D eigenvalue weighted by molar-refractivity contribution is 0.603. The molecule has 4 aromatic rings. The van der Waals surface area contributed by atoms with E-state index < -0.39 is 10.0 Å². The van der Waals surface area contributed by atoms with Crippen molar-refractivity contribution in [3.05, 3.63) is 78.1 Å². The topological polar surface area (TPSA) is 109 Å². The number of nitrogens with zero attached hydrogens (tertiary/aromatic N) is 3. The molecule has 0 radical (unpaired) electrons. The number of sulfonamides is 1. The molecule has 0 spiro atoms. The van der Waals surface area contributed by atoms with E-state index in [1.54, 1.807) is 48.7 Å². The van der Waals surface area contributed by atoms with Crippen molar-refractivity contribution < 1.29 is 8.42 Å². The van der Waals surface area contributed by atoms with Gasteiger partial charge in [-0.25, -0.2) is 23.4 Å². The summed E-state index contributed by atoms with van der Waals surface area (Å²) in [6.45, 7) is 1.87. The highest BCUT2D eigenvalue weighted by Gasteiger charge is 2.16. The molecule has 0 saturated heterocycles. The smallest absolute Gasteiger partial charge is 0.271 e. The monoisotopic (exact) mass is 438 g/mol. The lowest BCUT2D eigenvalue weighted by atomic mass is 10.3. The van der Waals surface area contributed by atoms with Gasteiger partial charge in [0.15, 0.2) is 0 Å². The van der Waals surface area contributed by atoms with E-state index in [-0.39, 0.29) is 4.21 Å². The van der Waals surface area contributed by atoms with E-state index in [9.17, 15) is 8.42 Å². The first-order valence-corrected chi connectivity index (χ1v) is 11.2. The van der Waals surface area contributed by atoms with Crippen LogP contribution in [0.15, 0.2) is 77.4 Å². The minimum atomic E-state index is -3.59. The Morgan fingerprint density at radius 1 is 0.800 bits per heavy atom. The van der Waals surface area contributed by atoms with Crippen LogP contribution in [-0.4, -0.2) is 23.4 Å². The molecule has 0 atom stereocenters. The van der Waals surface area contributed by atoms with Crippen molar-refractivity contribution >= 4 is 50.2 Å². The van der Waals surface area contributed by atoms with E-state index in [1.165, 1.54) is 17.7 Å². The Kier molecular flexibility index (Phi) is 5.59. The molecule has 10 heteroatoms. The number of thiophene rings is 1. The van der Waals surface area contributed by atoms with Crippen LogP contribution < -0.4 is 15.4 Å². The molecule has 0 aliphatic carbocycles. The fraction of sp³-hybridized carbons (Fsp3) is 0.0500. The van der Waals surface area contributed by atoms with Gasteiger partial charge in [-0.2, -0.15) is 0 Å². The van der Waals surface area contributed by atoms with Gasteiger partial charge < -0.3 is 10.6 Å². The van der Waals surface area contributed by atoms with Gasteiger partial charge in [0.05, 0.1) is 0 Å². The molecule has 0 saturated carbocycles. The van der Waals surface area contributed by atoms with E-state index >= 15 is 0 Å².